The van der Waals surface area contributed by atoms with Crippen molar-refractivity contribution in [2.45, 2.75) is 106 Å². The van der Waals surface area contributed by atoms with Crippen molar-refractivity contribution >= 4 is 5.97 Å². The second-order valence-corrected chi connectivity index (χ2v) is 12.8. The van der Waals surface area contributed by atoms with Crippen molar-refractivity contribution in [3.8, 4) is 0 Å². The van der Waals surface area contributed by atoms with Gasteiger partial charge in [-0.15, -0.1) is 0 Å². The molecular formula is C30H48O2. The van der Waals surface area contributed by atoms with Crippen molar-refractivity contribution in [3.05, 3.63) is 23.8 Å². The van der Waals surface area contributed by atoms with E-state index in [1.165, 1.54) is 38.5 Å². The third kappa shape index (κ3) is 4.14. The average molecular weight is 441 g/mol. The zero-order chi connectivity index (χ0) is 23.3. The normalized spacial score (nSPS) is 43.2. The Hall–Kier alpha value is -1.05. The lowest BCUT2D eigenvalue weighted by Gasteiger charge is -2.58. The predicted molar refractivity (Wildman–Crippen MR) is 133 cm³/mol. The lowest BCUT2D eigenvalue weighted by molar-refractivity contribution is -0.148. The summed E-state index contributed by atoms with van der Waals surface area (Å²) < 4.78 is 5.62. The molecule has 3 saturated carbocycles. The maximum absolute atomic E-state index is 11.5. The Morgan fingerprint density at radius 2 is 1.78 bits per heavy atom. The highest BCUT2D eigenvalue weighted by molar-refractivity contribution is 5.66. The third-order valence-electron chi connectivity index (χ3n) is 10.9. The fourth-order valence-electron chi connectivity index (χ4n) is 8.57. The summed E-state index contributed by atoms with van der Waals surface area (Å²) in [6.07, 6.45) is 17.8. The molecule has 4 aliphatic rings. The van der Waals surface area contributed by atoms with Crippen LogP contribution in [0.25, 0.3) is 0 Å². The van der Waals surface area contributed by atoms with E-state index in [0.29, 0.717) is 22.7 Å². The number of hydrogen-bond acceptors (Lipinski definition) is 2. The highest BCUT2D eigenvalue weighted by atomic mass is 16.5. The lowest BCUT2D eigenvalue weighted by Crippen LogP contribution is -2.51. The van der Waals surface area contributed by atoms with Crippen LogP contribution in [0.3, 0.4) is 0 Å². The minimum Gasteiger partial charge on any atom is -0.462 e. The molecule has 2 nitrogen and oxygen atoms in total. The van der Waals surface area contributed by atoms with Crippen LogP contribution in [-0.4, -0.2) is 12.1 Å². The topological polar surface area (TPSA) is 26.3 Å². The molecule has 0 amide bonds. The van der Waals surface area contributed by atoms with E-state index in [4.69, 9.17) is 4.74 Å². The van der Waals surface area contributed by atoms with Crippen molar-refractivity contribution in [1.29, 1.82) is 0 Å². The molecule has 4 aliphatic carbocycles. The molecule has 3 fully saturated rings. The molecule has 9 atom stereocenters. The van der Waals surface area contributed by atoms with Crippen LogP contribution in [0.2, 0.25) is 0 Å². The SMILES string of the molecule is CC(=O)O[C@H]1CC[C@@]2(C)C(=CC[C@@H]3[C@H]4CC[C@H]([C@H](C)/C=C/[C@H](C)C(C)C)[C@]4(C)CC[C@H]32)C1. The van der Waals surface area contributed by atoms with E-state index in [1.807, 2.05) is 0 Å². The molecule has 0 aliphatic heterocycles. The number of hydrogen-bond donors (Lipinski definition) is 0. The fraction of sp³-hybridized carbons (Fsp3) is 0.833. The molecule has 0 aromatic heterocycles. The molecule has 0 aromatic rings. The van der Waals surface area contributed by atoms with Crippen molar-refractivity contribution in [3.63, 3.8) is 0 Å². The van der Waals surface area contributed by atoms with Crippen molar-refractivity contribution in [1.82, 2.24) is 0 Å². The standard InChI is InChI=1S/C30H48O2/c1-19(2)20(3)8-9-21(4)26-12-13-27-25-11-10-23-18-24(32-22(5)31)14-16-29(23,6)28(25)15-17-30(26,27)7/h8-10,19-21,24-28H,11-18H2,1-7H3/b9-8+/t20-,21+,24-,25+,26+,27+,28+,29-,30-/m0/s1. The monoisotopic (exact) mass is 440 g/mol. The quantitative estimate of drug-likeness (QED) is 0.320. The van der Waals surface area contributed by atoms with Gasteiger partial charge in [0.1, 0.15) is 6.10 Å². The summed E-state index contributed by atoms with van der Waals surface area (Å²) in [7, 11) is 0. The molecule has 0 aromatic carbocycles. The van der Waals surface area contributed by atoms with Crippen LogP contribution in [0.5, 0.6) is 0 Å². The van der Waals surface area contributed by atoms with Crippen LogP contribution < -0.4 is 0 Å². The molecule has 180 valence electrons. The van der Waals surface area contributed by atoms with Gasteiger partial charge in [0.25, 0.3) is 0 Å². The van der Waals surface area contributed by atoms with E-state index < -0.39 is 0 Å². The first-order valence-electron chi connectivity index (χ1n) is 13.6. The highest BCUT2D eigenvalue weighted by Crippen LogP contribution is 2.67. The van der Waals surface area contributed by atoms with E-state index in [0.717, 1.165) is 42.4 Å². The summed E-state index contributed by atoms with van der Waals surface area (Å²) in [5.74, 6) is 5.35. The summed E-state index contributed by atoms with van der Waals surface area (Å²) in [6, 6.07) is 0. The van der Waals surface area contributed by atoms with Crippen LogP contribution in [-0.2, 0) is 9.53 Å². The van der Waals surface area contributed by atoms with Gasteiger partial charge in [0.15, 0.2) is 0 Å². The molecule has 0 N–H and O–H groups in total. The number of esters is 1. The van der Waals surface area contributed by atoms with E-state index in [1.54, 1.807) is 12.5 Å². The maximum atomic E-state index is 11.5. The first kappa shape index (κ1) is 24.1. The molecule has 0 saturated heterocycles. The summed E-state index contributed by atoms with van der Waals surface area (Å²) in [4.78, 5) is 11.5. The van der Waals surface area contributed by atoms with Gasteiger partial charge in [-0.05, 0) is 97.2 Å². The zero-order valence-electron chi connectivity index (χ0n) is 21.8. The largest absolute Gasteiger partial charge is 0.462 e. The van der Waals surface area contributed by atoms with Gasteiger partial charge in [0.05, 0.1) is 0 Å². The van der Waals surface area contributed by atoms with Gasteiger partial charge in [-0.25, -0.2) is 0 Å². The third-order valence-corrected chi connectivity index (χ3v) is 10.9. The summed E-state index contributed by atoms with van der Waals surface area (Å²) in [6.45, 7) is 16.3. The predicted octanol–water partition coefficient (Wildman–Crippen LogP) is 7.98. The van der Waals surface area contributed by atoms with Gasteiger partial charge in [-0.1, -0.05) is 65.3 Å². The molecule has 0 unspecified atom stereocenters. The Bertz CT molecular complexity index is 763. The minimum absolute atomic E-state index is 0.106. The van der Waals surface area contributed by atoms with Crippen molar-refractivity contribution in [2.75, 3.05) is 0 Å². The smallest absolute Gasteiger partial charge is 0.302 e. The molecule has 2 heteroatoms. The van der Waals surface area contributed by atoms with Gasteiger partial charge < -0.3 is 4.74 Å². The Balaban J connectivity index is 1.50. The lowest BCUT2D eigenvalue weighted by atomic mass is 9.47. The molecule has 0 radical (unpaired) electrons. The zero-order valence-corrected chi connectivity index (χ0v) is 21.8. The van der Waals surface area contributed by atoms with E-state index >= 15 is 0 Å². The van der Waals surface area contributed by atoms with Crippen LogP contribution in [0.15, 0.2) is 23.8 Å². The van der Waals surface area contributed by atoms with Crippen LogP contribution in [0.4, 0.5) is 0 Å². The number of allylic oxidation sites excluding steroid dienone is 3. The minimum atomic E-state index is -0.121. The number of carbonyl (C=O) groups is 1. The van der Waals surface area contributed by atoms with Gasteiger partial charge in [0, 0.05) is 13.3 Å². The fourth-order valence-corrected chi connectivity index (χ4v) is 8.57. The molecule has 4 rings (SSSR count). The van der Waals surface area contributed by atoms with Gasteiger partial charge >= 0.3 is 5.97 Å². The van der Waals surface area contributed by atoms with Crippen LogP contribution >= 0.6 is 0 Å². The van der Waals surface area contributed by atoms with E-state index in [-0.39, 0.29) is 12.1 Å². The van der Waals surface area contributed by atoms with Crippen LogP contribution in [0, 0.1) is 52.3 Å². The number of rotatable bonds is 5. The number of ether oxygens (including phenoxy) is 1. The maximum Gasteiger partial charge on any atom is 0.302 e. The summed E-state index contributed by atoms with van der Waals surface area (Å²) >= 11 is 0. The summed E-state index contributed by atoms with van der Waals surface area (Å²) in [5, 5.41) is 0. The van der Waals surface area contributed by atoms with Crippen LogP contribution in [0.1, 0.15) is 99.8 Å². The average Bonchev–Trinajstić information content (AvgIpc) is 3.08. The number of fused-ring (bicyclic) bond motifs is 5. The first-order chi connectivity index (χ1) is 15.1. The van der Waals surface area contributed by atoms with E-state index in [9.17, 15) is 4.79 Å². The van der Waals surface area contributed by atoms with Gasteiger partial charge in [-0.2, -0.15) is 0 Å². The first-order valence-corrected chi connectivity index (χ1v) is 13.6. The Morgan fingerprint density at radius 1 is 1.03 bits per heavy atom. The Kier molecular flexibility index (Phi) is 6.74. The van der Waals surface area contributed by atoms with Gasteiger partial charge in [0.2, 0.25) is 0 Å². The van der Waals surface area contributed by atoms with Crippen molar-refractivity contribution < 1.29 is 9.53 Å². The molecule has 0 spiro atoms. The summed E-state index contributed by atoms with van der Waals surface area (Å²) in [5.41, 5.74) is 2.44. The van der Waals surface area contributed by atoms with Gasteiger partial charge in [-0.3, -0.25) is 4.79 Å². The number of carbonyl (C=O) groups excluding carboxylic acids is 1. The van der Waals surface area contributed by atoms with E-state index in [2.05, 4.69) is 59.8 Å². The molecule has 0 heterocycles. The Morgan fingerprint density at radius 3 is 2.47 bits per heavy atom. The molecular weight excluding hydrogens is 392 g/mol. The second kappa shape index (κ2) is 8.95. The molecule has 0 bridgehead atoms. The second-order valence-electron chi connectivity index (χ2n) is 12.8. The highest BCUT2D eigenvalue weighted by Gasteiger charge is 2.59. The molecule has 32 heavy (non-hydrogen) atoms. The van der Waals surface area contributed by atoms with Crippen molar-refractivity contribution in [2.24, 2.45) is 52.3 Å². The Labute approximate surface area is 197 Å².